The van der Waals surface area contributed by atoms with Crippen LogP contribution >= 0.6 is 0 Å². The molecule has 0 aromatic heterocycles. The van der Waals surface area contributed by atoms with Crippen LogP contribution in [0.1, 0.15) is 27.9 Å². The highest BCUT2D eigenvalue weighted by molar-refractivity contribution is 7.91. The molecule has 0 radical (unpaired) electrons. The molecule has 0 unspecified atom stereocenters. The van der Waals surface area contributed by atoms with E-state index in [0.29, 0.717) is 0 Å². The third-order valence-corrected chi connectivity index (χ3v) is 5.43. The second kappa shape index (κ2) is 7.40. The van der Waals surface area contributed by atoms with E-state index < -0.39 is 15.7 Å². The summed E-state index contributed by atoms with van der Waals surface area (Å²) >= 11 is 0. The van der Waals surface area contributed by atoms with Gasteiger partial charge in [0.2, 0.25) is 5.91 Å². The fourth-order valence-corrected chi connectivity index (χ4v) is 3.83. The van der Waals surface area contributed by atoms with Crippen molar-refractivity contribution in [1.82, 2.24) is 0 Å². The molecule has 0 aliphatic heterocycles. The van der Waals surface area contributed by atoms with Crippen LogP contribution in [0.3, 0.4) is 0 Å². The van der Waals surface area contributed by atoms with Crippen LogP contribution in [0.4, 0.5) is 0 Å². The first kappa shape index (κ1) is 17.9. The molecule has 126 valence electrons. The van der Waals surface area contributed by atoms with Gasteiger partial charge >= 0.3 is 0 Å². The van der Waals surface area contributed by atoms with Crippen LogP contribution in [0.5, 0.6) is 0 Å². The van der Waals surface area contributed by atoms with E-state index in [1.54, 1.807) is 6.07 Å². The predicted molar refractivity (Wildman–Crippen MR) is 91.5 cm³/mol. The summed E-state index contributed by atoms with van der Waals surface area (Å²) in [4.78, 5) is 23.3. The van der Waals surface area contributed by atoms with Gasteiger partial charge < -0.3 is 5.73 Å². The van der Waals surface area contributed by atoms with Gasteiger partial charge in [0.05, 0.1) is 16.2 Å². The van der Waals surface area contributed by atoms with Crippen molar-refractivity contribution in [3.05, 3.63) is 65.2 Å². The summed E-state index contributed by atoms with van der Waals surface area (Å²) in [5.41, 5.74) is 7.10. The Morgan fingerprint density at radius 2 is 1.62 bits per heavy atom. The number of Topliss-reactive ketones (excluding diaryl/α,β-unsaturated/α-hetero) is 1. The first-order valence-corrected chi connectivity index (χ1v) is 9.13. The van der Waals surface area contributed by atoms with Gasteiger partial charge in [0, 0.05) is 12.8 Å². The lowest BCUT2D eigenvalue weighted by molar-refractivity contribution is -0.118. The molecule has 0 atom stereocenters. The van der Waals surface area contributed by atoms with Gasteiger partial charge in [-0.05, 0) is 24.6 Å². The molecule has 0 bridgehead atoms. The van der Waals surface area contributed by atoms with E-state index in [0.717, 1.165) is 11.1 Å². The fraction of sp³-hybridized carbons (Fsp3) is 0.222. The van der Waals surface area contributed by atoms with Crippen molar-refractivity contribution in [2.75, 3.05) is 5.75 Å². The largest absolute Gasteiger partial charge is 0.366 e. The number of benzene rings is 2. The number of hydrogen-bond donors (Lipinski definition) is 1. The lowest BCUT2D eigenvalue weighted by Gasteiger charge is -2.08. The van der Waals surface area contributed by atoms with E-state index in [1.807, 2.05) is 31.2 Å². The van der Waals surface area contributed by atoms with E-state index in [9.17, 15) is 18.0 Å². The zero-order valence-electron chi connectivity index (χ0n) is 13.4. The Kier molecular flexibility index (Phi) is 5.51. The van der Waals surface area contributed by atoms with E-state index in [1.165, 1.54) is 18.2 Å². The first-order chi connectivity index (χ1) is 11.3. The Bertz CT molecular complexity index is 855. The van der Waals surface area contributed by atoms with Gasteiger partial charge in [0.25, 0.3) is 0 Å². The number of sulfone groups is 1. The predicted octanol–water partition coefficient (Wildman–Crippen LogP) is 2.07. The van der Waals surface area contributed by atoms with Crippen LogP contribution in [0.15, 0.2) is 53.4 Å². The van der Waals surface area contributed by atoms with Gasteiger partial charge in [-0.15, -0.1) is 0 Å². The summed E-state index contributed by atoms with van der Waals surface area (Å²) in [5.74, 6) is -1.32. The van der Waals surface area contributed by atoms with E-state index in [4.69, 9.17) is 5.73 Å². The molecule has 2 aromatic carbocycles. The van der Waals surface area contributed by atoms with Crippen molar-refractivity contribution in [3.63, 3.8) is 0 Å². The molecule has 0 aliphatic rings. The quantitative estimate of drug-likeness (QED) is 0.831. The Labute approximate surface area is 141 Å². The maximum atomic E-state index is 12.4. The lowest BCUT2D eigenvalue weighted by Crippen LogP contribution is -2.19. The van der Waals surface area contributed by atoms with Crippen LogP contribution in [0.2, 0.25) is 0 Å². The summed E-state index contributed by atoms with van der Waals surface area (Å²) in [6, 6.07) is 13.3. The Hall–Kier alpha value is -2.47. The molecule has 0 fully saturated rings. The summed E-state index contributed by atoms with van der Waals surface area (Å²) in [6.07, 6.45) is 0.0799. The van der Waals surface area contributed by atoms with Crippen molar-refractivity contribution in [1.29, 1.82) is 0 Å². The van der Waals surface area contributed by atoms with Crippen molar-refractivity contribution in [2.24, 2.45) is 5.73 Å². The average Bonchev–Trinajstić information content (AvgIpc) is 2.55. The van der Waals surface area contributed by atoms with Crippen molar-refractivity contribution in [3.8, 4) is 0 Å². The summed E-state index contributed by atoms with van der Waals surface area (Å²) in [6.45, 7) is 1.95. The number of hydrogen-bond acceptors (Lipinski definition) is 4. The number of primary amides is 1. The third kappa shape index (κ3) is 4.52. The number of carbonyl (C=O) groups is 2. The minimum atomic E-state index is -3.75. The van der Waals surface area contributed by atoms with Crippen molar-refractivity contribution >= 4 is 21.5 Å². The molecular weight excluding hydrogens is 326 g/mol. The molecule has 5 nitrogen and oxygen atoms in total. The Balaban J connectivity index is 2.06. The number of rotatable bonds is 7. The Morgan fingerprint density at radius 3 is 2.25 bits per heavy atom. The first-order valence-electron chi connectivity index (χ1n) is 7.48. The summed E-state index contributed by atoms with van der Waals surface area (Å²) < 4.78 is 24.8. The molecule has 0 saturated heterocycles. The van der Waals surface area contributed by atoms with E-state index >= 15 is 0 Å². The summed E-state index contributed by atoms with van der Waals surface area (Å²) in [7, 11) is -3.75. The minimum absolute atomic E-state index is 0.0523. The minimum Gasteiger partial charge on any atom is -0.366 e. The normalized spacial score (nSPS) is 11.2. The summed E-state index contributed by atoms with van der Waals surface area (Å²) in [5, 5.41) is 0. The molecule has 24 heavy (non-hydrogen) atoms. The SMILES string of the molecule is Cc1ccc(CC(=O)CCS(=O)(=O)c2ccccc2C(N)=O)cc1. The molecule has 6 heteroatoms. The highest BCUT2D eigenvalue weighted by atomic mass is 32.2. The van der Waals surface area contributed by atoms with E-state index in [-0.39, 0.29) is 34.8 Å². The van der Waals surface area contributed by atoms with Gasteiger partial charge in [-0.25, -0.2) is 8.42 Å². The van der Waals surface area contributed by atoms with Crippen LogP contribution in [-0.4, -0.2) is 25.9 Å². The van der Waals surface area contributed by atoms with Crippen molar-refractivity contribution in [2.45, 2.75) is 24.7 Å². The molecule has 2 N–H and O–H groups in total. The smallest absolute Gasteiger partial charge is 0.250 e. The maximum absolute atomic E-state index is 12.4. The maximum Gasteiger partial charge on any atom is 0.250 e. The monoisotopic (exact) mass is 345 g/mol. The number of ketones is 1. The lowest BCUT2D eigenvalue weighted by atomic mass is 10.1. The second-order valence-corrected chi connectivity index (χ2v) is 7.71. The third-order valence-electron chi connectivity index (χ3n) is 3.66. The van der Waals surface area contributed by atoms with Crippen molar-refractivity contribution < 1.29 is 18.0 Å². The molecule has 0 aliphatic carbocycles. The van der Waals surface area contributed by atoms with Gasteiger partial charge in [0.15, 0.2) is 9.84 Å². The molecular formula is C18H19NO4S. The number of nitrogens with two attached hydrogens (primary N) is 1. The zero-order chi connectivity index (χ0) is 17.7. The molecule has 2 aromatic rings. The van der Waals surface area contributed by atoms with Crippen LogP contribution < -0.4 is 5.73 Å². The Morgan fingerprint density at radius 1 is 1.00 bits per heavy atom. The average molecular weight is 345 g/mol. The molecule has 2 rings (SSSR count). The van der Waals surface area contributed by atoms with Crippen LogP contribution in [-0.2, 0) is 21.1 Å². The van der Waals surface area contributed by atoms with Gasteiger partial charge in [-0.3, -0.25) is 9.59 Å². The second-order valence-electron chi connectivity index (χ2n) is 5.63. The van der Waals surface area contributed by atoms with Crippen LogP contribution in [0.25, 0.3) is 0 Å². The highest BCUT2D eigenvalue weighted by Crippen LogP contribution is 2.18. The highest BCUT2D eigenvalue weighted by Gasteiger charge is 2.21. The van der Waals surface area contributed by atoms with Crippen LogP contribution in [0, 0.1) is 6.92 Å². The standard InChI is InChI=1S/C18H19NO4S/c1-13-6-8-14(9-7-13)12-15(20)10-11-24(22,23)17-5-3-2-4-16(17)18(19)21/h2-9H,10-12H2,1H3,(H2,19,21). The molecule has 0 saturated carbocycles. The number of aryl methyl sites for hydroxylation is 1. The van der Waals surface area contributed by atoms with Gasteiger partial charge in [-0.2, -0.15) is 0 Å². The molecule has 0 heterocycles. The molecule has 0 spiro atoms. The number of amides is 1. The fourth-order valence-electron chi connectivity index (χ4n) is 2.32. The van der Waals surface area contributed by atoms with Gasteiger partial charge in [-0.1, -0.05) is 42.0 Å². The van der Waals surface area contributed by atoms with Gasteiger partial charge in [0.1, 0.15) is 5.78 Å². The number of carbonyl (C=O) groups excluding carboxylic acids is 2. The topological polar surface area (TPSA) is 94.3 Å². The van der Waals surface area contributed by atoms with E-state index in [2.05, 4.69) is 0 Å². The molecule has 1 amide bonds. The zero-order valence-corrected chi connectivity index (χ0v) is 14.2.